The van der Waals surface area contributed by atoms with Gasteiger partial charge in [-0.15, -0.1) is 11.8 Å². The average Bonchev–Trinajstić information content (AvgIpc) is 2.75. The molecule has 1 unspecified atom stereocenters. The van der Waals surface area contributed by atoms with Crippen LogP contribution in [-0.4, -0.2) is 47.0 Å². The zero-order valence-electron chi connectivity index (χ0n) is 16.4. The van der Waals surface area contributed by atoms with Crippen molar-refractivity contribution in [3.8, 4) is 0 Å². The molecular weight excluding hydrogens is 409 g/mol. The molecule has 29 heavy (non-hydrogen) atoms. The molecule has 1 amide bonds. The lowest BCUT2D eigenvalue weighted by atomic mass is 10.1. The van der Waals surface area contributed by atoms with Gasteiger partial charge in [0.1, 0.15) is 11.2 Å². The fraction of sp³-hybridized carbons (Fsp3) is 0.450. The molecule has 0 aliphatic carbocycles. The Hall–Kier alpha value is -2.13. The summed E-state index contributed by atoms with van der Waals surface area (Å²) >= 11 is 6.37. The van der Waals surface area contributed by atoms with E-state index in [-0.39, 0.29) is 11.3 Å². The number of nitrogens with two attached hydrogens (primary N) is 1. The van der Waals surface area contributed by atoms with Crippen LogP contribution < -0.4 is 16.0 Å². The van der Waals surface area contributed by atoms with E-state index in [9.17, 15) is 9.18 Å². The molecule has 6 nitrogen and oxygen atoms in total. The van der Waals surface area contributed by atoms with E-state index < -0.39 is 5.95 Å². The first-order valence-corrected chi connectivity index (χ1v) is 11.4. The summed E-state index contributed by atoms with van der Waals surface area (Å²) in [6, 6.07) is 3.67. The highest BCUT2D eigenvalue weighted by atomic mass is 32.2. The minimum absolute atomic E-state index is 0.199. The maximum Gasteiger partial charge on any atom is 0.252 e. The van der Waals surface area contributed by atoms with Gasteiger partial charge in [0.25, 0.3) is 5.91 Å². The second-order valence-electron chi connectivity index (χ2n) is 6.98. The van der Waals surface area contributed by atoms with E-state index in [1.54, 1.807) is 6.07 Å². The van der Waals surface area contributed by atoms with Crippen LogP contribution in [0.5, 0.6) is 0 Å². The van der Waals surface area contributed by atoms with Crippen molar-refractivity contribution in [1.82, 2.24) is 15.2 Å². The number of amides is 1. The van der Waals surface area contributed by atoms with Crippen molar-refractivity contribution in [2.75, 3.05) is 30.8 Å². The number of carbonyl (C=O) groups is 1. The maximum absolute atomic E-state index is 14.8. The summed E-state index contributed by atoms with van der Waals surface area (Å²) in [5.41, 5.74) is 7.27. The van der Waals surface area contributed by atoms with Gasteiger partial charge in [0, 0.05) is 55.0 Å². The summed E-state index contributed by atoms with van der Waals surface area (Å²) in [7, 11) is 0. The van der Waals surface area contributed by atoms with Gasteiger partial charge >= 0.3 is 0 Å². The Bertz CT molecular complexity index is 823. The van der Waals surface area contributed by atoms with Gasteiger partial charge in [-0.25, -0.2) is 4.98 Å². The molecule has 3 rings (SSSR count). The molecule has 3 heterocycles. The van der Waals surface area contributed by atoms with Gasteiger partial charge in [-0.3, -0.25) is 4.79 Å². The van der Waals surface area contributed by atoms with Crippen LogP contribution in [-0.2, 0) is 4.79 Å². The van der Waals surface area contributed by atoms with E-state index in [0.29, 0.717) is 30.0 Å². The molecule has 0 aromatic carbocycles. The molecule has 0 radical (unpaired) electrons. The molecule has 1 aromatic rings. The fourth-order valence-electron chi connectivity index (χ4n) is 3.57. The lowest BCUT2D eigenvalue weighted by molar-refractivity contribution is -0.124. The van der Waals surface area contributed by atoms with E-state index in [0.717, 1.165) is 31.6 Å². The first kappa shape index (κ1) is 21.6. The number of pyridine rings is 1. The quantitative estimate of drug-likeness (QED) is 0.295. The number of carbonyl (C=O) groups excluding carboxylic acids is 1. The molecule has 1 fully saturated rings. The third-order valence-electron chi connectivity index (χ3n) is 5.15. The van der Waals surface area contributed by atoms with Crippen LogP contribution in [0.2, 0.25) is 0 Å². The molecule has 1 atom stereocenters. The van der Waals surface area contributed by atoms with Crippen LogP contribution in [0, 0.1) is 5.95 Å². The highest BCUT2D eigenvalue weighted by Gasteiger charge is 2.24. The molecule has 2 aliphatic rings. The molecule has 156 valence electrons. The van der Waals surface area contributed by atoms with Crippen molar-refractivity contribution in [3.05, 3.63) is 47.3 Å². The SMILES string of the molecule is CSC(NC1=CC(=O)N(/C(C=S)=C/N)CC1)c1ccc(N2CCCCC2)nc1F. The second-order valence-corrected chi connectivity index (χ2v) is 8.15. The monoisotopic (exact) mass is 435 g/mol. The van der Waals surface area contributed by atoms with Crippen LogP contribution >= 0.6 is 24.0 Å². The van der Waals surface area contributed by atoms with Crippen LogP contribution in [0.1, 0.15) is 36.6 Å². The minimum Gasteiger partial charge on any atom is -0.403 e. The van der Waals surface area contributed by atoms with Gasteiger partial charge < -0.3 is 20.9 Å². The Labute approximate surface area is 180 Å². The van der Waals surface area contributed by atoms with E-state index in [4.69, 9.17) is 18.0 Å². The molecule has 2 aliphatic heterocycles. The number of nitrogens with zero attached hydrogens (tertiary/aromatic N) is 3. The van der Waals surface area contributed by atoms with Crippen LogP contribution in [0.25, 0.3) is 0 Å². The number of hydrogen-bond donors (Lipinski definition) is 2. The Morgan fingerprint density at radius 1 is 1.34 bits per heavy atom. The number of hydrogen-bond acceptors (Lipinski definition) is 7. The number of allylic oxidation sites excluding steroid dienone is 1. The van der Waals surface area contributed by atoms with Crippen LogP contribution in [0.15, 0.2) is 35.8 Å². The predicted octanol–water partition coefficient (Wildman–Crippen LogP) is 3.08. The first-order valence-electron chi connectivity index (χ1n) is 9.67. The zero-order chi connectivity index (χ0) is 20.8. The van der Waals surface area contributed by atoms with Crippen molar-refractivity contribution in [1.29, 1.82) is 0 Å². The van der Waals surface area contributed by atoms with E-state index >= 15 is 0 Å². The Balaban J connectivity index is 1.72. The summed E-state index contributed by atoms with van der Waals surface area (Å²) in [5.74, 6) is 0.0172. The molecule has 0 bridgehead atoms. The Kier molecular flexibility index (Phi) is 7.49. The van der Waals surface area contributed by atoms with Crippen molar-refractivity contribution in [2.45, 2.75) is 31.1 Å². The molecular formula is C20H26FN5OS2. The topological polar surface area (TPSA) is 74.5 Å². The number of nitrogens with one attached hydrogen (secondary N) is 1. The number of thioether (sulfide) groups is 1. The highest BCUT2D eigenvalue weighted by molar-refractivity contribution is 7.98. The van der Waals surface area contributed by atoms with Gasteiger partial charge in [-0.1, -0.05) is 12.2 Å². The van der Waals surface area contributed by atoms with E-state index in [1.165, 1.54) is 40.7 Å². The summed E-state index contributed by atoms with van der Waals surface area (Å²) in [5, 5.41) is 4.34. The predicted molar refractivity (Wildman–Crippen MR) is 120 cm³/mol. The minimum atomic E-state index is -0.474. The molecule has 3 N–H and O–H groups in total. The van der Waals surface area contributed by atoms with Crippen molar-refractivity contribution >= 4 is 41.1 Å². The highest BCUT2D eigenvalue weighted by Crippen LogP contribution is 2.30. The van der Waals surface area contributed by atoms with Gasteiger partial charge in [0.2, 0.25) is 5.95 Å². The number of thiocarbonyl (C=S) groups is 1. The van der Waals surface area contributed by atoms with E-state index in [1.807, 2.05) is 12.3 Å². The number of halogens is 1. The molecule has 1 saturated heterocycles. The first-order chi connectivity index (χ1) is 14.1. The summed E-state index contributed by atoms with van der Waals surface area (Å²) in [6.07, 6.45) is 8.79. The van der Waals surface area contributed by atoms with Gasteiger partial charge in [0.05, 0.1) is 5.70 Å². The number of piperidine rings is 1. The summed E-state index contributed by atoms with van der Waals surface area (Å²) in [6.45, 7) is 2.30. The Morgan fingerprint density at radius 2 is 2.10 bits per heavy atom. The average molecular weight is 436 g/mol. The third-order valence-corrected chi connectivity index (χ3v) is 6.23. The number of anilines is 1. The van der Waals surface area contributed by atoms with Crippen LogP contribution in [0.4, 0.5) is 10.2 Å². The van der Waals surface area contributed by atoms with Gasteiger partial charge in [0.15, 0.2) is 0 Å². The standard InChI is InChI=1S/C20H26FN5OS2/c1-29-20(23-14-7-10-26(18(27)11-14)15(12-22)13-28)16-5-6-17(24-19(16)21)25-8-3-2-4-9-25/h5-6,11-13,20,23H,2-4,7-10,22H2,1H3/b15-12+. The third kappa shape index (κ3) is 5.08. The summed E-state index contributed by atoms with van der Waals surface area (Å²) < 4.78 is 14.8. The molecule has 0 saturated carbocycles. The van der Waals surface area contributed by atoms with Crippen molar-refractivity contribution < 1.29 is 9.18 Å². The molecule has 9 heteroatoms. The summed E-state index contributed by atoms with van der Waals surface area (Å²) in [4.78, 5) is 20.3. The second kappa shape index (κ2) is 10.1. The van der Waals surface area contributed by atoms with Crippen molar-refractivity contribution in [2.24, 2.45) is 5.73 Å². The smallest absolute Gasteiger partial charge is 0.252 e. The van der Waals surface area contributed by atoms with Crippen LogP contribution in [0.3, 0.4) is 0 Å². The maximum atomic E-state index is 14.8. The number of rotatable bonds is 7. The normalized spacial score (nSPS) is 19.0. The largest absolute Gasteiger partial charge is 0.403 e. The van der Waals surface area contributed by atoms with Crippen molar-refractivity contribution in [3.63, 3.8) is 0 Å². The van der Waals surface area contributed by atoms with Gasteiger partial charge in [-0.05, 0) is 37.7 Å². The van der Waals surface area contributed by atoms with E-state index in [2.05, 4.69) is 15.2 Å². The Morgan fingerprint density at radius 3 is 2.69 bits per heavy atom. The lowest BCUT2D eigenvalue weighted by Crippen LogP contribution is -2.37. The molecule has 1 aromatic heterocycles. The fourth-order valence-corrected chi connectivity index (χ4v) is 4.47. The van der Waals surface area contributed by atoms with Gasteiger partial charge in [-0.2, -0.15) is 4.39 Å². The number of aromatic nitrogens is 1. The lowest BCUT2D eigenvalue weighted by Gasteiger charge is -2.30. The zero-order valence-corrected chi connectivity index (χ0v) is 18.1. The molecule has 0 spiro atoms.